The van der Waals surface area contributed by atoms with Crippen molar-refractivity contribution in [2.24, 2.45) is 11.7 Å². The molecule has 1 aromatic rings. The van der Waals surface area contributed by atoms with Crippen LogP contribution >= 0.6 is 0 Å². The van der Waals surface area contributed by atoms with Gasteiger partial charge in [-0.2, -0.15) is 0 Å². The first-order valence-electron chi connectivity index (χ1n) is 5.92. The van der Waals surface area contributed by atoms with Crippen LogP contribution in [0.3, 0.4) is 0 Å². The van der Waals surface area contributed by atoms with Crippen LogP contribution in [0.5, 0.6) is 0 Å². The van der Waals surface area contributed by atoms with Gasteiger partial charge in [0.05, 0.1) is 0 Å². The molecule has 0 fully saturated rings. The maximum atomic E-state index is 12.2. The zero-order valence-corrected chi connectivity index (χ0v) is 9.99. The minimum atomic E-state index is 0.125. The molecule has 2 N–H and O–H groups in total. The lowest BCUT2D eigenvalue weighted by atomic mass is 10.0. The van der Waals surface area contributed by atoms with Gasteiger partial charge in [-0.15, -0.1) is 0 Å². The number of nitrogens with two attached hydrogens (primary N) is 1. The van der Waals surface area contributed by atoms with Crippen LogP contribution in [-0.2, 0) is 19.4 Å². The van der Waals surface area contributed by atoms with E-state index in [4.69, 9.17) is 5.73 Å². The van der Waals surface area contributed by atoms with Crippen molar-refractivity contribution in [1.29, 1.82) is 0 Å². The first-order valence-corrected chi connectivity index (χ1v) is 5.92. The fourth-order valence-electron chi connectivity index (χ4n) is 2.35. The Bertz CT molecular complexity index is 450. The van der Waals surface area contributed by atoms with Crippen LogP contribution in [0.25, 0.3) is 0 Å². The lowest BCUT2D eigenvalue weighted by molar-refractivity contribution is 0.376. The van der Waals surface area contributed by atoms with E-state index in [1.54, 1.807) is 0 Å². The van der Waals surface area contributed by atoms with E-state index < -0.39 is 0 Å². The summed E-state index contributed by atoms with van der Waals surface area (Å²) in [5.74, 6) is 1.52. The fourth-order valence-corrected chi connectivity index (χ4v) is 2.35. The van der Waals surface area contributed by atoms with Crippen LogP contribution in [0.1, 0.15) is 30.4 Å². The van der Waals surface area contributed by atoms with Gasteiger partial charge in [0.1, 0.15) is 5.82 Å². The highest BCUT2D eigenvalue weighted by Crippen LogP contribution is 2.17. The van der Waals surface area contributed by atoms with Crippen LogP contribution < -0.4 is 11.3 Å². The summed E-state index contributed by atoms with van der Waals surface area (Å²) < 4.78 is 1.84. The quantitative estimate of drug-likeness (QED) is 0.797. The summed E-state index contributed by atoms with van der Waals surface area (Å²) in [6.07, 6.45) is 2.68. The summed E-state index contributed by atoms with van der Waals surface area (Å²) in [5, 5.41) is 0. The molecule has 4 nitrogen and oxygen atoms in total. The molecule has 0 saturated carbocycles. The van der Waals surface area contributed by atoms with Gasteiger partial charge in [0.15, 0.2) is 0 Å². The Balaban J connectivity index is 2.52. The molecule has 0 aromatic carbocycles. The van der Waals surface area contributed by atoms with Gasteiger partial charge in [0, 0.05) is 24.2 Å². The topological polar surface area (TPSA) is 60.9 Å². The van der Waals surface area contributed by atoms with Crippen molar-refractivity contribution in [3.8, 4) is 0 Å². The summed E-state index contributed by atoms with van der Waals surface area (Å²) in [7, 11) is 0. The highest BCUT2D eigenvalue weighted by atomic mass is 16.1. The summed E-state index contributed by atoms with van der Waals surface area (Å²) in [4.78, 5) is 16.8. The molecule has 1 unspecified atom stereocenters. The molecule has 16 heavy (non-hydrogen) atoms. The number of fused-ring (bicyclic) bond motifs is 1. The lowest BCUT2D eigenvalue weighted by Gasteiger charge is -2.23. The Labute approximate surface area is 95.5 Å². The zero-order valence-electron chi connectivity index (χ0n) is 9.99. The Morgan fingerprint density at radius 3 is 3.00 bits per heavy atom. The first-order chi connectivity index (χ1) is 7.63. The molecule has 0 amide bonds. The smallest absolute Gasteiger partial charge is 0.256 e. The number of rotatable bonds is 2. The second-order valence-corrected chi connectivity index (χ2v) is 4.69. The summed E-state index contributed by atoms with van der Waals surface area (Å²) in [5.41, 5.74) is 7.30. The number of hydrogen-bond donors (Lipinski definition) is 1. The van der Waals surface area contributed by atoms with E-state index in [1.165, 1.54) is 0 Å². The fraction of sp³-hybridized carbons (Fsp3) is 0.667. The first kappa shape index (κ1) is 11.3. The molecule has 2 heterocycles. The maximum Gasteiger partial charge on any atom is 0.256 e. The molecular formula is C12H19N3O. The molecule has 0 spiro atoms. The van der Waals surface area contributed by atoms with Crippen LogP contribution in [-0.4, -0.2) is 16.1 Å². The van der Waals surface area contributed by atoms with E-state index in [1.807, 2.05) is 11.5 Å². The summed E-state index contributed by atoms with van der Waals surface area (Å²) >= 11 is 0. The van der Waals surface area contributed by atoms with E-state index in [-0.39, 0.29) is 5.56 Å². The molecule has 0 saturated heterocycles. The maximum absolute atomic E-state index is 12.2. The van der Waals surface area contributed by atoms with Gasteiger partial charge in [-0.05, 0) is 32.2 Å². The molecule has 1 aromatic heterocycles. The lowest BCUT2D eigenvalue weighted by Crippen LogP contribution is -2.35. The van der Waals surface area contributed by atoms with E-state index >= 15 is 0 Å². The van der Waals surface area contributed by atoms with Crippen LogP contribution in [0.15, 0.2) is 4.79 Å². The third-order valence-electron chi connectivity index (χ3n) is 3.30. The SMILES string of the molecule is Cc1nc2n(c(=O)c1CCN)CC(C)CC2. The average molecular weight is 221 g/mol. The van der Waals surface area contributed by atoms with Crippen LogP contribution in [0.2, 0.25) is 0 Å². The number of aromatic nitrogens is 2. The predicted molar refractivity (Wildman–Crippen MR) is 63.5 cm³/mol. The molecule has 1 aliphatic rings. The molecule has 1 aliphatic heterocycles. The standard InChI is InChI=1S/C12H19N3O/c1-8-3-4-11-14-9(2)10(5-6-13)12(16)15(11)7-8/h8H,3-7,13H2,1-2H3. The Morgan fingerprint density at radius 1 is 1.56 bits per heavy atom. The van der Waals surface area contributed by atoms with Crippen molar-refractivity contribution in [2.45, 2.75) is 39.7 Å². The molecule has 2 rings (SSSR count). The summed E-state index contributed by atoms with van der Waals surface area (Å²) in [6, 6.07) is 0. The van der Waals surface area contributed by atoms with Crippen molar-refractivity contribution >= 4 is 0 Å². The minimum Gasteiger partial charge on any atom is -0.330 e. The van der Waals surface area contributed by atoms with Crippen LogP contribution in [0, 0.1) is 12.8 Å². The van der Waals surface area contributed by atoms with Gasteiger partial charge in [-0.25, -0.2) is 4.98 Å². The Kier molecular flexibility index (Phi) is 3.10. The van der Waals surface area contributed by atoms with E-state index in [2.05, 4.69) is 11.9 Å². The molecule has 4 heteroatoms. The van der Waals surface area contributed by atoms with Crippen molar-refractivity contribution in [1.82, 2.24) is 9.55 Å². The minimum absolute atomic E-state index is 0.125. The third-order valence-corrected chi connectivity index (χ3v) is 3.30. The number of aryl methyl sites for hydroxylation is 2. The third kappa shape index (κ3) is 1.89. The van der Waals surface area contributed by atoms with Crippen molar-refractivity contribution in [3.63, 3.8) is 0 Å². The Morgan fingerprint density at radius 2 is 2.31 bits per heavy atom. The van der Waals surface area contributed by atoms with Gasteiger partial charge >= 0.3 is 0 Å². The molecular weight excluding hydrogens is 202 g/mol. The normalized spacial score (nSPS) is 19.6. The van der Waals surface area contributed by atoms with Crippen molar-refractivity contribution < 1.29 is 0 Å². The van der Waals surface area contributed by atoms with Gasteiger partial charge in [-0.1, -0.05) is 6.92 Å². The molecule has 0 bridgehead atoms. The van der Waals surface area contributed by atoms with Crippen molar-refractivity contribution in [3.05, 3.63) is 27.4 Å². The second-order valence-electron chi connectivity index (χ2n) is 4.69. The van der Waals surface area contributed by atoms with E-state index in [0.717, 1.165) is 36.5 Å². The van der Waals surface area contributed by atoms with Gasteiger partial charge < -0.3 is 5.73 Å². The van der Waals surface area contributed by atoms with E-state index in [9.17, 15) is 4.79 Å². The largest absolute Gasteiger partial charge is 0.330 e. The van der Waals surface area contributed by atoms with Gasteiger partial charge in [0.2, 0.25) is 0 Å². The van der Waals surface area contributed by atoms with Gasteiger partial charge in [0.25, 0.3) is 5.56 Å². The second kappa shape index (κ2) is 4.37. The zero-order chi connectivity index (χ0) is 11.7. The monoisotopic (exact) mass is 221 g/mol. The van der Waals surface area contributed by atoms with Gasteiger partial charge in [-0.3, -0.25) is 9.36 Å². The molecule has 0 radical (unpaired) electrons. The highest BCUT2D eigenvalue weighted by molar-refractivity contribution is 5.19. The van der Waals surface area contributed by atoms with Crippen molar-refractivity contribution in [2.75, 3.05) is 6.54 Å². The highest BCUT2D eigenvalue weighted by Gasteiger charge is 2.19. The number of hydrogen-bond acceptors (Lipinski definition) is 3. The average Bonchev–Trinajstić information content (AvgIpc) is 2.26. The van der Waals surface area contributed by atoms with Crippen LogP contribution in [0.4, 0.5) is 0 Å². The molecule has 0 aliphatic carbocycles. The summed E-state index contributed by atoms with van der Waals surface area (Å²) in [6.45, 7) is 5.40. The van der Waals surface area contributed by atoms with E-state index in [0.29, 0.717) is 18.9 Å². The molecule has 88 valence electrons. The molecule has 1 atom stereocenters. The predicted octanol–water partition coefficient (Wildman–Crippen LogP) is 0.635. The Hall–Kier alpha value is -1.16. The number of nitrogens with zero attached hydrogens (tertiary/aromatic N) is 2.